The molecule has 2 nitrogen and oxygen atoms in total. The normalized spacial score (nSPS) is 40.5. The molecule has 2 atom stereocenters. The minimum Gasteiger partial charge on any atom is -0.314 e. The Kier molecular flexibility index (Phi) is 1.77. The molecule has 0 saturated carbocycles. The highest BCUT2D eigenvalue weighted by Gasteiger charge is 2.42. The molecule has 1 aliphatic rings. The number of hydrogen-bond acceptors (Lipinski definition) is 2. The maximum absolute atomic E-state index is 9.34. The number of rotatable bonds is 0. The topological polar surface area (TPSA) is 23.5 Å². The third-order valence-corrected chi connectivity index (χ3v) is 3.25. The Bertz CT molecular complexity index is 133. The van der Waals surface area contributed by atoms with E-state index in [-0.39, 0.29) is 5.41 Å². The second-order valence-electron chi connectivity index (χ2n) is 4.02. The molecule has 1 aliphatic heterocycles. The smallest absolute Gasteiger partial charge is 0.0376 e. The summed E-state index contributed by atoms with van der Waals surface area (Å²) in [5, 5.41) is 10.8. The van der Waals surface area contributed by atoms with Gasteiger partial charge in [-0.2, -0.15) is 5.06 Å². The Morgan fingerprint density at radius 1 is 1.40 bits per heavy atom. The molecule has 2 unspecified atom stereocenters. The summed E-state index contributed by atoms with van der Waals surface area (Å²) in [5.41, 5.74) is 0.259. The Hall–Kier alpha value is -0.0800. The monoisotopic (exact) mass is 143 g/mol. The fourth-order valence-electron chi connectivity index (χ4n) is 1.47. The van der Waals surface area contributed by atoms with Crippen LogP contribution < -0.4 is 0 Å². The van der Waals surface area contributed by atoms with Crippen LogP contribution in [0.3, 0.4) is 0 Å². The van der Waals surface area contributed by atoms with Crippen molar-refractivity contribution in [1.82, 2.24) is 5.06 Å². The van der Waals surface area contributed by atoms with Crippen LogP contribution in [-0.4, -0.2) is 22.9 Å². The molecule has 60 valence electrons. The first kappa shape index (κ1) is 8.02. The van der Waals surface area contributed by atoms with Gasteiger partial charge in [0.1, 0.15) is 0 Å². The second-order valence-corrected chi connectivity index (χ2v) is 4.02. The van der Waals surface area contributed by atoms with Crippen molar-refractivity contribution in [3.63, 3.8) is 0 Å². The highest BCUT2D eigenvalue weighted by molar-refractivity contribution is 4.91. The fourth-order valence-corrected chi connectivity index (χ4v) is 1.47. The zero-order valence-corrected chi connectivity index (χ0v) is 7.26. The Morgan fingerprint density at radius 3 is 2.00 bits per heavy atom. The highest BCUT2D eigenvalue weighted by atomic mass is 16.5. The summed E-state index contributed by atoms with van der Waals surface area (Å²) in [6.07, 6.45) is 0. The van der Waals surface area contributed by atoms with Gasteiger partial charge in [-0.25, -0.2) is 0 Å². The van der Waals surface area contributed by atoms with E-state index < -0.39 is 0 Å². The quantitative estimate of drug-likeness (QED) is 0.558. The van der Waals surface area contributed by atoms with Crippen molar-refractivity contribution in [1.29, 1.82) is 0 Å². The van der Waals surface area contributed by atoms with E-state index in [0.29, 0.717) is 12.0 Å². The van der Waals surface area contributed by atoms with E-state index in [2.05, 4.69) is 27.7 Å². The first-order valence-corrected chi connectivity index (χ1v) is 3.91. The van der Waals surface area contributed by atoms with Crippen molar-refractivity contribution in [2.24, 2.45) is 11.3 Å². The van der Waals surface area contributed by atoms with Crippen LogP contribution in [0.2, 0.25) is 0 Å². The summed E-state index contributed by atoms with van der Waals surface area (Å²) in [6, 6.07) is 0.294. The van der Waals surface area contributed by atoms with Crippen LogP contribution in [-0.2, 0) is 0 Å². The predicted molar refractivity (Wildman–Crippen MR) is 40.9 cm³/mol. The van der Waals surface area contributed by atoms with Crippen LogP contribution in [0.4, 0.5) is 0 Å². The van der Waals surface area contributed by atoms with Crippen LogP contribution in [0.1, 0.15) is 27.7 Å². The molecular formula is C8H17NO. The van der Waals surface area contributed by atoms with Gasteiger partial charge in [-0.15, -0.1) is 0 Å². The second kappa shape index (κ2) is 2.21. The minimum atomic E-state index is 0.259. The zero-order chi connectivity index (χ0) is 7.94. The standard InChI is InChI=1S/C8H17NO/c1-6-5-9(10)7(2)8(6,3)4/h6-7,10H,5H2,1-4H3. The number of hydrogen-bond donors (Lipinski definition) is 1. The Balaban J connectivity index is 2.75. The van der Waals surface area contributed by atoms with Gasteiger partial charge in [0.25, 0.3) is 0 Å². The molecule has 1 rings (SSSR count). The summed E-state index contributed by atoms with van der Waals surface area (Å²) >= 11 is 0. The van der Waals surface area contributed by atoms with Gasteiger partial charge < -0.3 is 5.21 Å². The molecule has 0 aromatic carbocycles. The third kappa shape index (κ3) is 0.956. The minimum absolute atomic E-state index is 0.259. The first-order valence-electron chi connectivity index (χ1n) is 3.91. The van der Waals surface area contributed by atoms with Gasteiger partial charge >= 0.3 is 0 Å². The summed E-state index contributed by atoms with van der Waals surface area (Å²) in [4.78, 5) is 0. The number of hydroxylamine groups is 2. The van der Waals surface area contributed by atoms with Gasteiger partial charge in [0, 0.05) is 12.6 Å². The van der Waals surface area contributed by atoms with Crippen molar-refractivity contribution in [2.45, 2.75) is 33.7 Å². The molecular weight excluding hydrogens is 126 g/mol. The fraction of sp³-hybridized carbons (Fsp3) is 1.00. The van der Waals surface area contributed by atoms with E-state index in [1.165, 1.54) is 5.06 Å². The lowest BCUT2D eigenvalue weighted by Gasteiger charge is -2.28. The summed E-state index contributed by atoms with van der Waals surface area (Å²) < 4.78 is 0. The number of nitrogens with zero attached hydrogens (tertiary/aromatic N) is 1. The van der Waals surface area contributed by atoms with Gasteiger partial charge in [0.2, 0.25) is 0 Å². The lowest BCUT2D eigenvalue weighted by molar-refractivity contribution is -0.110. The molecule has 0 amide bonds. The van der Waals surface area contributed by atoms with Crippen molar-refractivity contribution in [3.8, 4) is 0 Å². The molecule has 1 saturated heterocycles. The Labute approximate surface area is 62.8 Å². The SMILES string of the molecule is CC1CN(O)C(C)C1(C)C. The van der Waals surface area contributed by atoms with Crippen molar-refractivity contribution in [2.75, 3.05) is 6.54 Å². The molecule has 0 bridgehead atoms. The van der Waals surface area contributed by atoms with Crippen LogP contribution in [0.5, 0.6) is 0 Å². The van der Waals surface area contributed by atoms with Gasteiger partial charge in [0.05, 0.1) is 0 Å². The molecule has 1 fully saturated rings. The van der Waals surface area contributed by atoms with Gasteiger partial charge in [-0.3, -0.25) is 0 Å². The van der Waals surface area contributed by atoms with Crippen LogP contribution in [0, 0.1) is 11.3 Å². The largest absolute Gasteiger partial charge is 0.314 e. The average Bonchev–Trinajstić information content (AvgIpc) is 1.97. The molecule has 1 N–H and O–H groups in total. The van der Waals surface area contributed by atoms with E-state index >= 15 is 0 Å². The highest BCUT2D eigenvalue weighted by Crippen LogP contribution is 2.39. The maximum atomic E-state index is 9.34. The van der Waals surface area contributed by atoms with E-state index in [0.717, 1.165) is 6.54 Å². The summed E-state index contributed by atoms with van der Waals surface area (Å²) in [7, 11) is 0. The molecule has 10 heavy (non-hydrogen) atoms. The molecule has 0 aliphatic carbocycles. The van der Waals surface area contributed by atoms with Crippen molar-refractivity contribution >= 4 is 0 Å². The molecule has 0 aromatic rings. The van der Waals surface area contributed by atoms with E-state index in [4.69, 9.17) is 0 Å². The van der Waals surface area contributed by atoms with E-state index in [1.54, 1.807) is 0 Å². The maximum Gasteiger partial charge on any atom is 0.0376 e. The van der Waals surface area contributed by atoms with Crippen molar-refractivity contribution < 1.29 is 5.21 Å². The average molecular weight is 143 g/mol. The van der Waals surface area contributed by atoms with E-state index in [1.807, 2.05) is 0 Å². The first-order chi connectivity index (χ1) is 4.46. The molecule has 0 aromatic heterocycles. The van der Waals surface area contributed by atoms with Gasteiger partial charge in [-0.1, -0.05) is 20.8 Å². The lowest BCUT2D eigenvalue weighted by Crippen LogP contribution is -2.32. The van der Waals surface area contributed by atoms with Gasteiger partial charge in [-0.05, 0) is 18.3 Å². The summed E-state index contributed by atoms with van der Waals surface area (Å²) in [5.74, 6) is 0.590. The summed E-state index contributed by atoms with van der Waals surface area (Å²) in [6.45, 7) is 9.49. The molecule has 1 heterocycles. The zero-order valence-electron chi connectivity index (χ0n) is 7.26. The lowest BCUT2D eigenvalue weighted by atomic mass is 9.78. The molecule has 2 heteroatoms. The predicted octanol–water partition coefficient (Wildman–Crippen LogP) is 1.74. The van der Waals surface area contributed by atoms with Crippen LogP contribution in [0.25, 0.3) is 0 Å². The van der Waals surface area contributed by atoms with Crippen molar-refractivity contribution in [3.05, 3.63) is 0 Å². The van der Waals surface area contributed by atoms with Gasteiger partial charge in [0.15, 0.2) is 0 Å². The molecule has 0 spiro atoms. The van der Waals surface area contributed by atoms with E-state index in [9.17, 15) is 5.21 Å². The van der Waals surface area contributed by atoms with Crippen LogP contribution in [0.15, 0.2) is 0 Å². The Morgan fingerprint density at radius 2 is 1.90 bits per heavy atom. The molecule has 0 radical (unpaired) electrons. The third-order valence-electron chi connectivity index (χ3n) is 3.25. The van der Waals surface area contributed by atoms with Crippen LogP contribution >= 0.6 is 0 Å².